The number of fused-ring (bicyclic) bond motifs is 9. The van der Waals surface area contributed by atoms with Crippen molar-refractivity contribution in [2.24, 2.45) is 0 Å². The van der Waals surface area contributed by atoms with Crippen molar-refractivity contribution in [2.75, 3.05) is 9.80 Å². The Morgan fingerprint density at radius 2 is 0.870 bits per heavy atom. The molecule has 3 heterocycles. The van der Waals surface area contributed by atoms with E-state index in [1.807, 2.05) is 0 Å². The summed E-state index contributed by atoms with van der Waals surface area (Å²) in [6.45, 7) is 50.1. The average Bonchev–Trinajstić information content (AvgIpc) is 3.67. The van der Waals surface area contributed by atoms with Crippen molar-refractivity contribution in [2.45, 2.75) is 239 Å². The lowest BCUT2D eigenvalue weighted by Gasteiger charge is -2.49. The van der Waals surface area contributed by atoms with Crippen LogP contribution in [-0.4, -0.2) is 6.71 Å². The standard InChI is InChI=1S/C65H85BN2S/c1-38-31-42-45(62(13,14)27-25-59(42,7)8)36-48(38)68-49-37-46-44(61(11,12)26-28-63(46,15)16)35-47(49)66-53-50(32-39(33-51(53)68)57(2,3)4)67(40-21-22-41-43(34-40)60(9,10)24-23-58(41,5)6)56-54(66)52-55(69-56)65(19,20)30-29-64(52,17)18/h21-22,31-37H,23-30H2,1-20H3. The zero-order valence-electron chi connectivity index (χ0n) is 46.7. The molecule has 364 valence electrons. The zero-order valence-corrected chi connectivity index (χ0v) is 47.5. The van der Waals surface area contributed by atoms with Crippen LogP contribution in [0.1, 0.15) is 238 Å². The van der Waals surface area contributed by atoms with Gasteiger partial charge in [0.05, 0.1) is 5.00 Å². The van der Waals surface area contributed by atoms with Crippen LogP contribution in [0.15, 0.2) is 54.6 Å². The number of rotatable bonds is 2. The Kier molecular flexibility index (Phi) is 9.83. The Hall–Kier alpha value is -3.76. The monoisotopic (exact) mass is 937 g/mol. The number of aryl methyl sites for hydroxylation is 1. The van der Waals surface area contributed by atoms with Crippen molar-refractivity contribution >= 4 is 67.9 Å². The van der Waals surface area contributed by atoms with Gasteiger partial charge in [0, 0.05) is 33.3 Å². The minimum absolute atomic E-state index is 0.0335. The maximum absolute atomic E-state index is 2.82. The molecule has 0 saturated heterocycles. The van der Waals surface area contributed by atoms with Gasteiger partial charge in [0.15, 0.2) is 0 Å². The molecule has 0 N–H and O–H groups in total. The quantitative estimate of drug-likeness (QED) is 0.159. The highest BCUT2D eigenvalue weighted by atomic mass is 32.1. The molecule has 1 aromatic heterocycles. The molecule has 0 radical (unpaired) electrons. The molecule has 6 aliphatic rings. The maximum atomic E-state index is 2.82. The highest BCUT2D eigenvalue weighted by Crippen LogP contribution is 2.58. The largest absolute Gasteiger partial charge is 0.311 e. The molecular formula is C65H85BN2S. The first kappa shape index (κ1) is 47.6. The average molecular weight is 937 g/mol. The first-order valence-electron chi connectivity index (χ1n) is 27.1. The lowest BCUT2D eigenvalue weighted by molar-refractivity contribution is 0.331. The molecule has 5 aromatic rings. The van der Waals surface area contributed by atoms with Crippen LogP contribution in [-0.2, 0) is 48.7 Å². The minimum Gasteiger partial charge on any atom is -0.311 e. The Morgan fingerprint density at radius 3 is 1.41 bits per heavy atom. The summed E-state index contributed by atoms with van der Waals surface area (Å²) in [6.07, 6.45) is 9.62. The summed E-state index contributed by atoms with van der Waals surface area (Å²) in [5.41, 5.74) is 25.7. The van der Waals surface area contributed by atoms with E-state index in [1.54, 1.807) is 27.0 Å². The second-order valence-corrected chi connectivity index (χ2v) is 30.7. The van der Waals surface area contributed by atoms with Crippen LogP contribution in [0.2, 0.25) is 0 Å². The third kappa shape index (κ3) is 6.81. The summed E-state index contributed by atoms with van der Waals surface area (Å²) >= 11 is 2.14. The second kappa shape index (κ2) is 14.3. The highest BCUT2D eigenvalue weighted by molar-refractivity contribution is 7.20. The fourth-order valence-corrected chi connectivity index (χ4v) is 16.2. The molecule has 4 aliphatic carbocycles. The van der Waals surface area contributed by atoms with Gasteiger partial charge in [0.1, 0.15) is 0 Å². The molecule has 4 heteroatoms. The van der Waals surface area contributed by atoms with Crippen LogP contribution in [0.3, 0.4) is 0 Å². The van der Waals surface area contributed by atoms with E-state index in [1.165, 1.54) is 129 Å². The number of hydrogen-bond acceptors (Lipinski definition) is 3. The predicted octanol–water partition coefficient (Wildman–Crippen LogP) is 16.8. The molecular weight excluding hydrogens is 852 g/mol. The van der Waals surface area contributed by atoms with E-state index in [0.29, 0.717) is 0 Å². The molecule has 69 heavy (non-hydrogen) atoms. The van der Waals surface area contributed by atoms with E-state index in [0.717, 1.165) is 0 Å². The lowest BCUT2D eigenvalue weighted by atomic mass is 9.32. The van der Waals surface area contributed by atoms with Crippen molar-refractivity contribution in [1.29, 1.82) is 0 Å². The van der Waals surface area contributed by atoms with Crippen LogP contribution < -0.4 is 26.2 Å². The molecule has 2 aliphatic heterocycles. The van der Waals surface area contributed by atoms with Crippen molar-refractivity contribution in [1.82, 2.24) is 0 Å². The molecule has 0 unspecified atom stereocenters. The molecule has 0 saturated carbocycles. The summed E-state index contributed by atoms with van der Waals surface area (Å²) in [5.74, 6) is 0. The van der Waals surface area contributed by atoms with Crippen LogP contribution in [0.4, 0.5) is 33.4 Å². The van der Waals surface area contributed by atoms with Crippen molar-refractivity contribution in [3.63, 3.8) is 0 Å². The summed E-state index contributed by atoms with van der Waals surface area (Å²) in [7, 11) is 0. The normalized spacial score (nSPS) is 23.2. The number of thiophene rings is 1. The van der Waals surface area contributed by atoms with Crippen molar-refractivity contribution in [3.8, 4) is 0 Å². The fraction of sp³-hybridized carbons (Fsp3) is 0.569. The van der Waals surface area contributed by atoms with Crippen LogP contribution in [0.25, 0.3) is 0 Å². The maximum Gasteiger partial charge on any atom is 0.253 e. The number of benzene rings is 4. The fourth-order valence-electron chi connectivity index (χ4n) is 14.5. The summed E-state index contributed by atoms with van der Waals surface area (Å²) in [5, 5.41) is 1.45. The predicted molar refractivity (Wildman–Crippen MR) is 303 cm³/mol. The van der Waals surface area contributed by atoms with Gasteiger partial charge in [-0.3, -0.25) is 0 Å². The van der Waals surface area contributed by atoms with E-state index in [-0.39, 0.29) is 55.4 Å². The van der Waals surface area contributed by atoms with Gasteiger partial charge < -0.3 is 9.80 Å². The third-order valence-electron chi connectivity index (χ3n) is 19.9. The Labute approximate surface area is 423 Å². The molecule has 0 fully saturated rings. The van der Waals surface area contributed by atoms with Gasteiger partial charge in [-0.05, 0) is 210 Å². The molecule has 11 rings (SSSR count). The summed E-state index contributed by atoms with van der Waals surface area (Å²) in [6, 6.07) is 23.8. The SMILES string of the molecule is Cc1cc2c(cc1N1c3cc4c(cc3B3c5c1cc(C(C)(C)C)cc5N(c1ccc5c(c1)C(C)(C)CCC5(C)C)c1sc5c(c13)C(C)(C)CCC5(C)C)C(C)(C)CCC4(C)C)C(C)(C)CCC2(C)C. The highest BCUT2D eigenvalue weighted by Gasteiger charge is 2.53. The smallest absolute Gasteiger partial charge is 0.253 e. The molecule has 0 atom stereocenters. The van der Waals surface area contributed by atoms with E-state index in [2.05, 4.69) is 214 Å². The lowest BCUT2D eigenvalue weighted by Crippen LogP contribution is -2.63. The minimum atomic E-state index is -0.0851. The van der Waals surface area contributed by atoms with Crippen molar-refractivity contribution in [3.05, 3.63) is 110 Å². The molecule has 2 nitrogen and oxygen atoms in total. The zero-order chi connectivity index (χ0) is 49.9. The van der Waals surface area contributed by atoms with Gasteiger partial charge in [0.25, 0.3) is 6.71 Å². The van der Waals surface area contributed by atoms with Gasteiger partial charge in [0.2, 0.25) is 0 Å². The van der Waals surface area contributed by atoms with Gasteiger partial charge >= 0.3 is 0 Å². The first-order valence-corrected chi connectivity index (χ1v) is 28.0. The van der Waals surface area contributed by atoms with Gasteiger partial charge in [-0.1, -0.05) is 150 Å². The van der Waals surface area contributed by atoms with E-state index < -0.39 is 0 Å². The van der Waals surface area contributed by atoms with E-state index in [9.17, 15) is 0 Å². The van der Waals surface area contributed by atoms with Crippen LogP contribution >= 0.6 is 11.3 Å². The van der Waals surface area contributed by atoms with Gasteiger partial charge in [-0.2, -0.15) is 0 Å². The van der Waals surface area contributed by atoms with Crippen molar-refractivity contribution < 1.29 is 0 Å². The first-order chi connectivity index (χ1) is 31.7. The molecule has 0 spiro atoms. The summed E-state index contributed by atoms with van der Waals surface area (Å²) < 4.78 is 0. The molecule has 4 aromatic carbocycles. The molecule has 0 bridgehead atoms. The third-order valence-corrected chi connectivity index (χ3v) is 21.5. The number of hydrogen-bond donors (Lipinski definition) is 0. The Balaban J connectivity index is 1.32. The van der Waals surface area contributed by atoms with Crippen LogP contribution in [0.5, 0.6) is 0 Å². The Morgan fingerprint density at radius 1 is 0.435 bits per heavy atom. The Bertz CT molecular complexity index is 3020. The van der Waals surface area contributed by atoms with Crippen LogP contribution in [0, 0.1) is 6.92 Å². The van der Waals surface area contributed by atoms with E-state index >= 15 is 0 Å². The topological polar surface area (TPSA) is 6.48 Å². The van der Waals surface area contributed by atoms with Gasteiger partial charge in [-0.15, -0.1) is 11.3 Å². The van der Waals surface area contributed by atoms with Gasteiger partial charge in [-0.25, -0.2) is 0 Å². The second-order valence-electron chi connectivity index (χ2n) is 29.7. The van der Waals surface area contributed by atoms with E-state index in [4.69, 9.17) is 0 Å². The number of anilines is 6. The molecule has 0 amide bonds. The number of nitrogens with zero attached hydrogens (tertiary/aromatic N) is 2. The summed E-state index contributed by atoms with van der Waals surface area (Å²) in [4.78, 5) is 7.24.